The van der Waals surface area contributed by atoms with E-state index in [2.05, 4.69) is 4.99 Å². The number of halogens is 2. The second-order valence-electron chi connectivity index (χ2n) is 2.09. The Bertz CT molecular complexity index is 124. The van der Waals surface area contributed by atoms with E-state index in [4.69, 9.17) is 0 Å². The molecular weight excluding hydrogens is 126 g/mol. The molecule has 1 heterocycles. The Kier molecular flexibility index (Phi) is 1.64. The van der Waals surface area contributed by atoms with Gasteiger partial charge in [-0.05, 0) is 6.92 Å². The standard InChI is InChI=1S/C5H8F2N2/c1-4-2-9(3-8-4)5(6)7/h3-5H,2H2,1H3. The summed E-state index contributed by atoms with van der Waals surface area (Å²) in [5, 5.41) is 0. The van der Waals surface area contributed by atoms with Gasteiger partial charge in [-0.3, -0.25) is 4.99 Å². The van der Waals surface area contributed by atoms with Gasteiger partial charge in [0.15, 0.2) is 0 Å². The SMILES string of the molecule is CC1CN(C(F)F)C=N1. The smallest absolute Gasteiger partial charge is 0.305 e. The number of hydrogen-bond donors (Lipinski definition) is 0. The predicted molar refractivity (Wildman–Crippen MR) is 30.7 cm³/mol. The van der Waals surface area contributed by atoms with Crippen LogP contribution in [0.3, 0.4) is 0 Å². The van der Waals surface area contributed by atoms with Gasteiger partial charge in [0.1, 0.15) is 0 Å². The van der Waals surface area contributed by atoms with E-state index in [9.17, 15) is 8.78 Å². The summed E-state index contributed by atoms with van der Waals surface area (Å²) in [4.78, 5) is 4.68. The molecule has 0 aromatic rings. The summed E-state index contributed by atoms with van der Waals surface area (Å²) in [5.41, 5.74) is 0. The van der Waals surface area contributed by atoms with E-state index in [0.717, 1.165) is 4.90 Å². The average molecular weight is 134 g/mol. The lowest BCUT2D eigenvalue weighted by atomic mass is 10.4. The van der Waals surface area contributed by atoms with Crippen molar-refractivity contribution in [2.45, 2.75) is 19.5 Å². The Balaban J connectivity index is 2.41. The Morgan fingerprint density at radius 1 is 1.78 bits per heavy atom. The first kappa shape index (κ1) is 6.45. The highest BCUT2D eigenvalue weighted by atomic mass is 19.3. The second kappa shape index (κ2) is 2.29. The van der Waals surface area contributed by atoms with Gasteiger partial charge in [-0.15, -0.1) is 0 Å². The van der Waals surface area contributed by atoms with Gasteiger partial charge >= 0.3 is 6.55 Å². The van der Waals surface area contributed by atoms with Crippen molar-refractivity contribution in [3.05, 3.63) is 0 Å². The number of rotatable bonds is 1. The van der Waals surface area contributed by atoms with Gasteiger partial charge in [-0.2, -0.15) is 8.78 Å². The van der Waals surface area contributed by atoms with Crippen LogP contribution in [0.4, 0.5) is 8.78 Å². The van der Waals surface area contributed by atoms with Gasteiger partial charge in [0.25, 0.3) is 0 Å². The van der Waals surface area contributed by atoms with Crippen LogP contribution in [0.15, 0.2) is 4.99 Å². The highest BCUT2D eigenvalue weighted by Crippen LogP contribution is 2.08. The van der Waals surface area contributed by atoms with Crippen LogP contribution in [0.2, 0.25) is 0 Å². The summed E-state index contributed by atoms with van der Waals surface area (Å²) in [6, 6.07) is 0.0269. The van der Waals surface area contributed by atoms with Crippen LogP contribution in [-0.2, 0) is 0 Å². The van der Waals surface area contributed by atoms with Crippen molar-refractivity contribution in [1.29, 1.82) is 0 Å². The molecule has 0 saturated heterocycles. The molecule has 0 bridgehead atoms. The first-order chi connectivity index (χ1) is 4.20. The summed E-state index contributed by atoms with van der Waals surface area (Å²) < 4.78 is 23.5. The molecule has 9 heavy (non-hydrogen) atoms. The minimum atomic E-state index is -2.39. The maximum atomic E-state index is 11.7. The van der Waals surface area contributed by atoms with Crippen molar-refractivity contribution >= 4 is 6.34 Å². The molecule has 1 aliphatic rings. The third kappa shape index (κ3) is 1.37. The number of alkyl halides is 2. The van der Waals surface area contributed by atoms with E-state index in [1.165, 1.54) is 6.34 Å². The molecule has 0 N–H and O–H groups in total. The van der Waals surface area contributed by atoms with Crippen molar-refractivity contribution in [2.24, 2.45) is 4.99 Å². The molecule has 0 aromatic carbocycles. The van der Waals surface area contributed by atoms with Crippen molar-refractivity contribution in [3.63, 3.8) is 0 Å². The van der Waals surface area contributed by atoms with Crippen LogP contribution in [0.5, 0.6) is 0 Å². The van der Waals surface area contributed by atoms with Gasteiger partial charge in [0.05, 0.1) is 12.4 Å². The van der Waals surface area contributed by atoms with Gasteiger partial charge in [0, 0.05) is 6.54 Å². The molecule has 0 aromatic heterocycles. The zero-order valence-corrected chi connectivity index (χ0v) is 5.09. The van der Waals surface area contributed by atoms with Crippen molar-refractivity contribution in [1.82, 2.24) is 4.90 Å². The van der Waals surface area contributed by atoms with E-state index in [1.54, 1.807) is 6.92 Å². The van der Waals surface area contributed by atoms with Gasteiger partial charge in [0.2, 0.25) is 0 Å². The molecule has 2 nitrogen and oxygen atoms in total. The first-order valence-corrected chi connectivity index (χ1v) is 2.77. The van der Waals surface area contributed by atoms with Crippen LogP contribution in [-0.4, -0.2) is 30.4 Å². The molecule has 0 radical (unpaired) electrons. The third-order valence-electron chi connectivity index (χ3n) is 1.20. The molecule has 0 saturated carbocycles. The average Bonchev–Trinajstić information content (AvgIpc) is 2.14. The summed E-state index contributed by atoms with van der Waals surface area (Å²) in [5.74, 6) is 0. The molecule has 4 heteroatoms. The van der Waals surface area contributed by atoms with Crippen LogP contribution in [0, 0.1) is 0 Å². The fourth-order valence-electron chi connectivity index (χ4n) is 0.729. The van der Waals surface area contributed by atoms with Crippen molar-refractivity contribution in [3.8, 4) is 0 Å². The minimum absolute atomic E-state index is 0.0269. The summed E-state index contributed by atoms with van der Waals surface area (Å²) in [7, 11) is 0. The Hall–Kier alpha value is -0.670. The first-order valence-electron chi connectivity index (χ1n) is 2.77. The molecule has 52 valence electrons. The van der Waals surface area contributed by atoms with E-state index in [0.29, 0.717) is 6.54 Å². The van der Waals surface area contributed by atoms with E-state index in [1.807, 2.05) is 0 Å². The highest BCUT2D eigenvalue weighted by Gasteiger charge is 2.19. The predicted octanol–water partition coefficient (Wildman–Crippen LogP) is 0.941. The van der Waals surface area contributed by atoms with E-state index in [-0.39, 0.29) is 6.04 Å². The highest BCUT2D eigenvalue weighted by molar-refractivity contribution is 5.57. The Morgan fingerprint density at radius 2 is 2.44 bits per heavy atom. The summed E-state index contributed by atoms with van der Waals surface area (Å²) >= 11 is 0. The Morgan fingerprint density at radius 3 is 2.67 bits per heavy atom. The van der Waals surface area contributed by atoms with Crippen LogP contribution in [0.25, 0.3) is 0 Å². The minimum Gasteiger partial charge on any atom is -0.305 e. The quantitative estimate of drug-likeness (QED) is 0.487. The maximum absolute atomic E-state index is 11.7. The molecule has 0 aliphatic carbocycles. The lowest BCUT2D eigenvalue weighted by molar-refractivity contribution is 0.0287. The Labute approximate surface area is 52.2 Å². The zero-order chi connectivity index (χ0) is 6.85. The second-order valence-corrected chi connectivity index (χ2v) is 2.09. The molecule has 1 atom stereocenters. The number of nitrogens with zero attached hydrogens (tertiary/aromatic N) is 2. The number of hydrogen-bond acceptors (Lipinski definition) is 2. The van der Waals surface area contributed by atoms with Crippen LogP contribution >= 0.6 is 0 Å². The number of aliphatic imine (C=N–C) groups is 1. The molecule has 1 rings (SSSR count). The topological polar surface area (TPSA) is 15.6 Å². The lowest BCUT2D eigenvalue weighted by Gasteiger charge is -2.11. The molecule has 0 spiro atoms. The van der Waals surface area contributed by atoms with Crippen LogP contribution in [0.1, 0.15) is 6.92 Å². The summed E-state index contributed by atoms with van der Waals surface area (Å²) in [6.07, 6.45) is 1.20. The summed E-state index contributed by atoms with van der Waals surface area (Å²) in [6.45, 7) is -0.241. The molecule has 0 amide bonds. The molecule has 1 aliphatic heterocycles. The van der Waals surface area contributed by atoms with Gasteiger partial charge < -0.3 is 4.90 Å². The van der Waals surface area contributed by atoms with Gasteiger partial charge in [-0.1, -0.05) is 0 Å². The van der Waals surface area contributed by atoms with Crippen molar-refractivity contribution < 1.29 is 8.78 Å². The van der Waals surface area contributed by atoms with E-state index >= 15 is 0 Å². The van der Waals surface area contributed by atoms with Gasteiger partial charge in [-0.25, -0.2) is 0 Å². The normalized spacial score (nSPS) is 26.2. The molecule has 1 unspecified atom stereocenters. The zero-order valence-electron chi connectivity index (χ0n) is 5.09. The fourth-order valence-corrected chi connectivity index (χ4v) is 0.729. The van der Waals surface area contributed by atoms with Crippen molar-refractivity contribution in [2.75, 3.05) is 6.54 Å². The monoisotopic (exact) mass is 134 g/mol. The van der Waals surface area contributed by atoms with E-state index < -0.39 is 6.55 Å². The molecule has 0 fully saturated rings. The third-order valence-corrected chi connectivity index (χ3v) is 1.20. The van der Waals surface area contributed by atoms with Crippen LogP contribution < -0.4 is 0 Å². The largest absolute Gasteiger partial charge is 0.316 e. The maximum Gasteiger partial charge on any atom is 0.316 e. The lowest BCUT2D eigenvalue weighted by Crippen LogP contribution is -2.27. The fraction of sp³-hybridized carbons (Fsp3) is 0.800. The molecular formula is C5H8F2N2.